The highest BCUT2D eigenvalue weighted by Gasteiger charge is 2.98. The van der Waals surface area contributed by atoms with Crippen LogP contribution in [0.5, 0.6) is 0 Å². The van der Waals surface area contributed by atoms with E-state index in [0.717, 1.165) is 10.8 Å². The van der Waals surface area contributed by atoms with E-state index in [4.69, 9.17) is 4.74 Å². The first-order chi connectivity index (χ1) is 10.7. The number of hydrogen-bond acceptors (Lipinski definition) is 1. The van der Waals surface area contributed by atoms with E-state index in [0.29, 0.717) is 22.0 Å². The summed E-state index contributed by atoms with van der Waals surface area (Å²) in [6.07, 6.45) is 22.9. The molecule has 7 aliphatic rings. The minimum Gasteiger partial charge on any atom is -0.361 e. The fraction of sp³-hybridized carbons (Fsp3) is 1.00. The average molecular weight is 298 g/mol. The number of ether oxygens (including phenoxy) is 1. The van der Waals surface area contributed by atoms with Crippen LogP contribution in [0, 0.1) is 21.7 Å². The predicted octanol–water partition coefficient (Wildman–Crippen LogP) is 5.37. The first-order valence-electron chi connectivity index (χ1n) is 10.4. The number of epoxide rings is 1. The van der Waals surface area contributed by atoms with Gasteiger partial charge < -0.3 is 4.74 Å². The van der Waals surface area contributed by atoms with E-state index in [1.165, 1.54) is 70.6 Å². The van der Waals surface area contributed by atoms with Crippen LogP contribution in [0.3, 0.4) is 0 Å². The Morgan fingerprint density at radius 1 is 0.364 bits per heavy atom. The lowest BCUT2D eigenvalue weighted by Crippen LogP contribution is -2.66. The Balaban J connectivity index is 1.62. The number of rotatable bonds is 0. The van der Waals surface area contributed by atoms with Crippen LogP contribution >= 0.6 is 0 Å². The van der Waals surface area contributed by atoms with Crippen LogP contribution in [0.2, 0.25) is 0 Å². The molecule has 6 saturated carbocycles. The molecule has 120 valence electrons. The Morgan fingerprint density at radius 2 is 0.682 bits per heavy atom. The molecule has 0 amide bonds. The third kappa shape index (κ3) is 0.748. The minimum absolute atomic E-state index is 0.380. The minimum atomic E-state index is 0.380. The van der Waals surface area contributed by atoms with Gasteiger partial charge in [-0.25, -0.2) is 0 Å². The van der Waals surface area contributed by atoms with E-state index in [2.05, 4.69) is 0 Å². The zero-order chi connectivity index (χ0) is 14.3. The highest BCUT2D eigenvalue weighted by molar-refractivity contribution is 5.46. The maximum atomic E-state index is 7.12. The molecule has 7 fully saturated rings. The van der Waals surface area contributed by atoms with E-state index in [-0.39, 0.29) is 0 Å². The molecule has 0 radical (unpaired) electrons. The summed E-state index contributed by atoms with van der Waals surface area (Å²) < 4.78 is 7.12. The van der Waals surface area contributed by atoms with Crippen molar-refractivity contribution in [3.8, 4) is 0 Å². The Bertz CT molecular complexity index is 521. The molecule has 0 aromatic rings. The van der Waals surface area contributed by atoms with Crippen molar-refractivity contribution >= 4 is 0 Å². The lowest BCUT2D eigenvalue weighted by molar-refractivity contribution is -0.162. The lowest BCUT2D eigenvalue weighted by Gasteiger charge is -2.65. The zero-order valence-electron chi connectivity index (χ0n) is 14.0. The normalized spacial score (nSPS) is 69.8. The van der Waals surface area contributed by atoms with Gasteiger partial charge in [-0.05, 0) is 81.5 Å². The molecule has 7 rings (SSSR count). The first-order valence-corrected chi connectivity index (χ1v) is 10.4. The van der Waals surface area contributed by atoms with Crippen LogP contribution in [0.25, 0.3) is 0 Å². The summed E-state index contributed by atoms with van der Waals surface area (Å²) in [5.74, 6) is 0. The summed E-state index contributed by atoms with van der Waals surface area (Å²) in [5.41, 5.74) is 3.47. The van der Waals surface area contributed by atoms with Crippen molar-refractivity contribution < 1.29 is 4.74 Å². The van der Waals surface area contributed by atoms with Crippen molar-refractivity contribution in [2.75, 3.05) is 0 Å². The Kier molecular flexibility index (Phi) is 1.73. The van der Waals surface area contributed by atoms with Gasteiger partial charge in [-0.3, -0.25) is 0 Å². The quantitative estimate of drug-likeness (QED) is 0.547. The molecule has 0 aromatic heterocycles. The van der Waals surface area contributed by atoms with Crippen LogP contribution in [0.15, 0.2) is 0 Å². The molecular weight excluding hydrogens is 268 g/mol. The van der Waals surface area contributed by atoms with E-state index in [1.54, 1.807) is 25.7 Å². The van der Waals surface area contributed by atoms with Crippen molar-refractivity contribution in [2.45, 2.75) is 108 Å². The monoisotopic (exact) mass is 298 g/mol. The van der Waals surface area contributed by atoms with E-state index >= 15 is 0 Å². The van der Waals surface area contributed by atoms with Crippen molar-refractivity contribution in [1.29, 1.82) is 0 Å². The smallest absolute Gasteiger partial charge is 0.105 e. The van der Waals surface area contributed by atoms with E-state index in [9.17, 15) is 0 Å². The van der Waals surface area contributed by atoms with Crippen LogP contribution < -0.4 is 0 Å². The lowest BCUT2D eigenvalue weighted by atomic mass is 9.36. The van der Waals surface area contributed by atoms with Gasteiger partial charge in [0.15, 0.2) is 0 Å². The van der Waals surface area contributed by atoms with Gasteiger partial charge in [-0.2, -0.15) is 0 Å². The average Bonchev–Trinajstić information content (AvgIpc) is 3.06. The second-order valence-corrected chi connectivity index (χ2v) is 10.4. The van der Waals surface area contributed by atoms with Crippen molar-refractivity contribution in [2.24, 2.45) is 21.7 Å². The fourth-order valence-corrected chi connectivity index (χ4v) is 11.4. The molecule has 0 N–H and O–H groups in total. The molecule has 2 unspecified atom stereocenters. The fourth-order valence-electron chi connectivity index (χ4n) is 11.4. The second kappa shape index (κ2) is 3.09. The van der Waals surface area contributed by atoms with Gasteiger partial charge >= 0.3 is 0 Å². The topological polar surface area (TPSA) is 12.5 Å². The molecule has 0 bridgehead atoms. The predicted molar refractivity (Wildman–Crippen MR) is 85.5 cm³/mol. The van der Waals surface area contributed by atoms with Crippen LogP contribution in [0.1, 0.15) is 96.3 Å². The summed E-state index contributed by atoms with van der Waals surface area (Å²) in [4.78, 5) is 0. The highest BCUT2D eigenvalue weighted by Crippen LogP contribution is 2.96. The number of hydrogen-bond donors (Lipinski definition) is 0. The molecule has 1 heteroatoms. The summed E-state index contributed by atoms with van der Waals surface area (Å²) in [5, 5.41) is 0. The van der Waals surface area contributed by atoms with Crippen LogP contribution in [-0.2, 0) is 4.74 Å². The first kappa shape index (κ1) is 12.3. The standard InChI is InChI=1S/C21H30O/c1-6-16-7-2-11-18(16,10-1)20-14-5-15-21(20,22-20)19-12-3-8-17(16,19)9-4-13-19/h1-15H2. The molecule has 22 heavy (non-hydrogen) atoms. The van der Waals surface area contributed by atoms with Crippen molar-refractivity contribution in [3.05, 3.63) is 0 Å². The van der Waals surface area contributed by atoms with E-state index in [1.807, 2.05) is 0 Å². The summed E-state index contributed by atoms with van der Waals surface area (Å²) in [7, 11) is 0. The molecule has 0 spiro atoms. The molecule has 2 atom stereocenters. The maximum absolute atomic E-state index is 7.12. The summed E-state index contributed by atoms with van der Waals surface area (Å²) >= 11 is 0. The van der Waals surface area contributed by atoms with Gasteiger partial charge in [0.25, 0.3) is 0 Å². The molecule has 6 aliphatic carbocycles. The third-order valence-electron chi connectivity index (χ3n) is 11.1. The Labute approximate surface area is 134 Å². The van der Waals surface area contributed by atoms with Gasteiger partial charge in [0, 0.05) is 10.8 Å². The van der Waals surface area contributed by atoms with E-state index < -0.39 is 0 Å². The third-order valence-corrected chi connectivity index (χ3v) is 11.1. The second-order valence-electron chi connectivity index (χ2n) is 10.4. The summed E-state index contributed by atoms with van der Waals surface area (Å²) in [6.45, 7) is 0. The largest absolute Gasteiger partial charge is 0.361 e. The zero-order valence-corrected chi connectivity index (χ0v) is 14.0. The summed E-state index contributed by atoms with van der Waals surface area (Å²) in [6, 6.07) is 0. The van der Waals surface area contributed by atoms with Gasteiger partial charge in [0.2, 0.25) is 0 Å². The van der Waals surface area contributed by atoms with Crippen molar-refractivity contribution in [1.82, 2.24) is 0 Å². The van der Waals surface area contributed by atoms with Gasteiger partial charge in [0.1, 0.15) is 11.2 Å². The van der Waals surface area contributed by atoms with Crippen molar-refractivity contribution in [3.63, 3.8) is 0 Å². The molecular formula is C21H30O. The molecule has 0 aromatic carbocycles. The molecule has 1 heterocycles. The molecule has 1 nitrogen and oxygen atoms in total. The van der Waals surface area contributed by atoms with Gasteiger partial charge in [-0.1, -0.05) is 25.7 Å². The molecule has 1 aliphatic heterocycles. The molecule has 1 saturated heterocycles. The van der Waals surface area contributed by atoms with Gasteiger partial charge in [-0.15, -0.1) is 0 Å². The SMILES string of the molecule is C1CC23CCCC2(C1)C12CCCC1(O2)C12CCCC31CCC2. The van der Waals surface area contributed by atoms with Gasteiger partial charge in [0.05, 0.1) is 0 Å². The maximum Gasteiger partial charge on any atom is 0.105 e. The Morgan fingerprint density at radius 3 is 1.09 bits per heavy atom. The highest BCUT2D eigenvalue weighted by atomic mass is 16.6. The van der Waals surface area contributed by atoms with Crippen LogP contribution in [-0.4, -0.2) is 11.2 Å². The van der Waals surface area contributed by atoms with Crippen LogP contribution in [0.4, 0.5) is 0 Å². The Hall–Kier alpha value is -0.0400.